The molecule has 0 spiro atoms. The van der Waals surface area contributed by atoms with Gasteiger partial charge in [0.2, 0.25) is 0 Å². The number of methoxy groups -OCH3 is 2. The summed E-state index contributed by atoms with van der Waals surface area (Å²) < 4.78 is 30.5. The monoisotopic (exact) mass is 608 g/mol. The first-order valence-corrected chi connectivity index (χ1v) is 14.6. The number of aromatic nitrogens is 2. The third kappa shape index (κ3) is 6.27. The third-order valence-corrected chi connectivity index (χ3v) is 7.76. The number of ether oxygens (including phenoxy) is 4. The topological polar surface area (TPSA) is 174 Å². The second kappa shape index (κ2) is 13.2. The van der Waals surface area contributed by atoms with Crippen LogP contribution in [0, 0.1) is 0 Å². The van der Waals surface area contributed by atoms with Crippen molar-refractivity contribution in [2.24, 2.45) is 5.50 Å². The molecule has 1 fully saturated rings. The second-order valence-electron chi connectivity index (χ2n) is 9.79. The molecular formula is C30H33N4O8P. The molecule has 226 valence electrons. The van der Waals surface area contributed by atoms with Crippen molar-refractivity contribution in [3.63, 3.8) is 0 Å². The molecule has 1 aromatic heterocycles. The largest absolute Gasteiger partial charge is 0.497 e. The number of benzene rings is 3. The number of nitrogens with zero attached hydrogens (tertiary/aromatic N) is 2. The van der Waals surface area contributed by atoms with Crippen molar-refractivity contribution in [2.75, 3.05) is 26.6 Å². The van der Waals surface area contributed by atoms with E-state index in [2.05, 4.69) is 4.98 Å². The molecule has 4 aromatic rings. The van der Waals surface area contributed by atoms with Crippen molar-refractivity contribution in [3.05, 3.63) is 118 Å². The quantitative estimate of drug-likeness (QED) is 0.146. The molecule has 1 aliphatic heterocycles. The zero-order valence-electron chi connectivity index (χ0n) is 23.5. The average molecular weight is 609 g/mol. The maximum absolute atomic E-state index is 12.6. The van der Waals surface area contributed by atoms with Gasteiger partial charge in [0, 0.05) is 6.20 Å². The molecule has 1 aliphatic rings. The van der Waals surface area contributed by atoms with Crippen molar-refractivity contribution >= 4 is 14.3 Å². The van der Waals surface area contributed by atoms with Gasteiger partial charge in [0.05, 0.1) is 20.8 Å². The van der Waals surface area contributed by atoms with E-state index in [1.165, 1.54) is 12.3 Å². The molecule has 13 heteroatoms. The molecule has 6 N–H and O–H groups in total. The summed E-state index contributed by atoms with van der Waals surface area (Å²) in [5.74, 6) is 1.36. The van der Waals surface area contributed by atoms with Gasteiger partial charge < -0.3 is 39.2 Å². The fourth-order valence-corrected chi connectivity index (χ4v) is 5.75. The van der Waals surface area contributed by atoms with Crippen LogP contribution in [0.1, 0.15) is 22.9 Å². The Kier molecular flexibility index (Phi) is 9.38. The molecule has 0 aliphatic carbocycles. The van der Waals surface area contributed by atoms with Crippen LogP contribution in [0.3, 0.4) is 0 Å². The first-order chi connectivity index (χ1) is 20.8. The van der Waals surface area contributed by atoms with E-state index in [9.17, 15) is 14.8 Å². The van der Waals surface area contributed by atoms with Crippen LogP contribution in [-0.2, 0) is 19.6 Å². The highest BCUT2D eigenvalue weighted by molar-refractivity contribution is 7.43. The smallest absolute Gasteiger partial charge is 0.351 e. The van der Waals surface area contributed by atoms with Gasteiger partial charge in [0.15, 0.2) is 6.23 Å². The fourth-order valence-electron chi connectivity index (χ4n) is 5.24. The number of rotatable bonds is 11. The molecule has 0 amide bonds. The van der Waals surface area contributed by atoms with E-state index in [0.29, 0.717) is 11.5 Å². The lowest BCUT2D eigenvalue weighted by molar-refractivity contribution is -0.0939. The summed E-state index contributed by atoms with van der Waals surface area (Å²) in [5, 5.41) is 11.2. The lowest BCUT2D eigenvalue weighted by Gasteiger charge is -2.37. The van der Waals surface area contributed by atoms with Crippen LogP contribution in [0.5, 0.6) is 11.5 Å². The predicted octanol–water partition coefficient (Wildman–Crippen LogP) is 2.67. The molecule has 12 nitrogen and oxygen atoms in total. The number of aliphatic hydroxyl groups excluding tert-OH is 1. The van der Waals surface area contributed by atoms with Gasteiger partial charge in [-0.2, -0.15) is 4.98 Å². The number of hydrogen-bond donors (Lipinski definition) is 4. The zero-order chi connectivity index (χ0) is 30.6. The Labute approximate surface area is 249 Å². The van der Waals surface area contributed by atoms with Gasteiger partial charge in [0.1, 0.15) is 41.2 Å². The van der Waals surface area contributed by atoms with Crippen molar-refractivity contribution in [1.29, 1.82) is 0 Å². The van der Waals surface area contributed by atoms with E-state index in [-0.39, 0.29) is 12.4 Å². The number of aliphatic hydroxyl groups is 1. The molecule has 0 radical (unpaired) electrons. The molecule has 5 rings (SSSR count). The highest BCUT2D eigenvalue weighted by Crippen LogP contribution is 2.43. The maximum atomic E-state index is 12.6. The van der Waals surface area contributed by atoms with E-state index in [0.717, 1.165) is 21.3 Å². The minimum atomic E-state index is -2.39. The molecule has 5 atom stereocenters. The van der Waals surface area contributed by atoms with Crippen LogP contribution in [0.4, 0.5) is 5.82 Å². The van der Waals surface area contributed by atoms with Gasteiger partial charge >= 0.3 is 5.69 Å². The van der Waals surface area contributed by atoms with Gasteiger partial charge in [-0.3, -0.25) is 10.1 Å². The average Bonchev–Trinajstić information content (AvgIpc) is 3.32. The molecule has 43 heavy (non-hydrogen) atoms. The van der Waals surface area contributed by atoms with Gasteiger partial charge in [0.25, 0.3) is 8.53 Å². The summed E-state index contributed by atoms with van der Waals surface area (Å²) in [4.78, 5) is 26.3. The molecule has 0 saturated carbocycles. The van der Waals surface area contributed by atoms with E-state index in [1.54, 1.807) is 14.2 Å². The summed E-state index contributed by atoms with van der Waals surface area (Å²) >= 11 is 0. The van der Waals surface area contributed by atoms with Crippen LogP contribution < -0.4 is 26.4 Å². The normalized spacial score (nSPS) is 21.0. The summed E-state index contributed by atoms with van der Waals surface area (Å²) in [7, 11) is 0.789. The Hall–Kier alpha value is -3.87. The predicted molar refractivity (Wildman–Crippen MR) is 159 cm³/mol. The summed E-state index contributed by atoms with van der Waals surface area (Å²) in [6.45, 7) is -0.147. The Morgan fingerprint density at radius 1 is 0.930 bits per heavy atom. The first-order valence-electron chi connectivity index (χ1n) is 13.3. The van der Waals surface area contributed by atoms with Crippen LogP contribution in [0.15, 0.2) is 95.9 Å². The highest BCUT2D eigenvalue weighted by Gasteiger charge is 2.49. The third-order valence-electron chi connectivity index (χ3n) is 7.30. The molecule has 1 saturated heterocycles. The molecular weight excluding hydrogens is 575 g/mol. The summed E-state index contributed by atoms with van der Waals surface area (Å²) in [6, 6.07) is 26.0. The van der Waals surface area contributed by atoms with E-state index >= 15 is 0 Å². The Bertz CT molecular complexity index is 1510. The lowest BCUT2D eigenvalue weighted by atomic mass is 9.80. The molecule has 1 unspecified atom stereocenters. The first kappa shape index (κ1) is 30.6. The van der Waals surface area contributed by atoms with Gasteiger partial charge in [-0.15, -0.1) is 0 Å². The summed E-state index contributed by atoms with van der Waals surface area (Å²) in [6.07, 6.45) is -3.35. The number of hydrogen-bond acceptors (Lipinski definition) is 11. The van der Waals surface area contributed by atoms with Crippen molar-refractivity contribution < 1.29 is 33.5 Å². The standard InChI is InChI=1S/C30H33N4O8P/c1-38-22-12-8-20(9-13-22)30(19-6-4-3-5-7-19,21-10-14-23(39-2)15-11-21)40-18-24-27(42-43(32)37)26(35)28(41-24)34-17-16-25(31)33-29(34)36/h3-17,24,26-28,35,37H,18,32H2,1-2H3,(H2,31,33,36)/t24-,26-,27-,28-,43?/m1/s1. The highest BCUT2D eigenvalue weighted by atomic mass is 31.2. The SMILES string of the molecule is COc1ccc(C(OC[C@H]2O[C@@H](n3ccc(N)nc3=O)[C@H](O)[C@@H]2OP(N)O)(c2ccccc2)c2ccc(OC)cc2)cc1. The second-order valence-corrected chi connectivity index (χ2v) is 10.6. The Morgan fingerprint density at radius 2 is 1.49 bits per heavy atom. The number of nitrogen functional groups attached to an aromatic ring is 1. The van der Waals surface area contributed by atoms with Gasteiger partial charge in [-0.1, -0.05) is 54.6 Å². The molecule has 2 heterocycles. The van der Waals surface area contributed by atoms with Crippen molar-refractivity contribution in [2.45, 2.75) is 30.1 Å². The number of nitrogens with two attached hydrogens (primary N) is 2. The van der Waals surface area contributed by atoms with Crippen LogP contribution in [0.25, 0.3) is 0 Å². The summed E-state index contributed by atoms with van der Waals surface area (Å²) in [5.41, 5.74) is 11.7. The lowest BCUT2D eigenvalue weighted by Crippen LogP contribution is -2.40. The van der Waals surface area contributed by atoms with Crippen LogP contribution in [-0.4, -0.2) is 58.7 Å². The fraction of sp³-hybridized carbons (Fsp3) is 0.267. The Balaban J connectivity index is 1.59. The number of anilines is 1. The van der Waals surface area contributed by atoms with E-state index in [4.69, 9.17) is 34.7 Å². The van der Waals surface area contributed by atoms with Crippen molar-refractivity contribution in [3.8, 4) is 11.5 Å². The van der Waals surface area contributed by atoms with E-state index < -0.39 is 44.4 Å². The van der Waals surface area contributed by atoms with Gasteiger partial charge in [-0.25, -0.2) is 4.79 Å². The maximum Gasteiger partial charge on any atom is 0.351 e. The minimum absolute atomic E-state index is 0.0221. The van der Waals surface area contributed by atoms with Crippen LogP contribution >= 0.6 is 8.53 Å². The Morgan fingerprint density at radius 3 is 2.00 bits per heavy atom. The van der Waals surface area contributed by atoms with Gasteiger partial charge in [-0.05, 0) is 47.0 Å². The zero-order valence-corrected chi connectivity index (χ0v) is 24.4. The van der Waals surface area contributed by atoms with E-state index in [1.807, 2.05) is 78.9 Å². The molecule has 0 bridgehead atoms. The molecule has 3 aromatic carbocycles. The van der Waals surface area contributed by atoms with Crippen molar-refractivity contribution in [1.82, 2.24) is 9.55 Å². The minimum Gasteiger partial charge on any atom is -0.497 e. The van der Waals surface area contributed by atoms with Crippen LogP contribution in [0.2, 0.25) is 0 Å².